The predicted molar refractivity (Wildman–Crippen MR) is 18.5 cm³/mol. The van der Waals surface area contributed by atoms with Crippen LogP contribution in [0.5, 0.6) is 0 Å². The number of hydrogen-bond donors (Lipinski definition) is 0. The van der Waals surface area contributed by atoms with Crippen molar-refractivity contribution in [3.63, 3.8) is 0 Å². The van der Waals surface area contributed by atoms with Gasteiger partial charge in [0.05, 0.1) is 0 Å². The van der Waals surface area contributed by atoms with Gasteiger partial charge in [0.25, 0.3) is 0 Å². The first-order valence-corrected chi connectivity index (χ1v) is 0.671. The van der Waals surface area contributed by atoms with Gasteiger partial charge in [-0.3, -0.25) is 0 Å². The molecule has 5 heteroatoms. The summed E-state index contributed by atoms with van der Waals surface area (Å²) in [6, 6.07) is 0. The molecule has 2 N–H and O–H groups in total. The predicted octanol–water partition coefficient (Wildman–Crippen LogP) is -0.538. The summed E-state index contributed by atoms with van der Waals surface area (Å²) in [6.45, 7) is 14.2. The fourth-order valence-corrected chi connectivity index (χ4v) is 0. The van der Waals surface area contributed by atoms with Gasteiger partial charge in [0.15, 0.2) is 0 Å². The van der Waals surface area contributed by atoms with E-state index in [1.54, 1.807) is 0 Å². The molecule has 0 rings (SSSR count). The summed E-state index contributed by atoms with van der Waals surface area (Å²) in [6.07, 6.45) is 0. The molecular weight excluding hydrogens is 291 g/mol. The van der Waals surface area contributed by atoms with Crippen LogP contribution in [0.3, 0.4) is 0 Å². The van der Waals surface area contributed by atoms with E-state index in [0.717, 1.165) is 0 Å². The molecule has 0 aliphatic rings. The molecule has 46 valence electrons. The summed E-state index contributed by atoms with van der Waals surface area (Å²) in [5.74, 6) is 0. The van der Waals surface area contributed by atoms with Gasteiger partial charge in [-0.2, -0.15) is 0 Å². The Balaban J connectivity index is -0.00000000500. The average Bonchev–Trinajstić information content (AvgIpc) is 1.81. The molecule has 0 aliphatic carbocycles. The van der Waals surface area contributed by atoms with Crippen molar-refractivity contribution in [1.29, 1.82) is 15.8 Å². The van der Waals surface area contributed by atoms with E-state index in [0.29, 0.717) is 0 Å². The molecule has 0 unspecified atom stereocenters. The Bertz CT molecular complexity index is 43.0. The minimum atomic E-state index is 0. The molecule has 0 amide bonds. The molecule has 0 aliphatic heterocycles. The van der Waals surface area contributed by atoms with Gasteiger partial charge in [0.1, 0.15) is 0 Å². The zero-order valence-electron chi connectivity index (χ0n) is 3.64. The Labute approximate surface area is 63.8 Å². The van der Waals surface area contributed by atoms with Crippen LogP contribution < -0.4 is 0 Å². The molecule has 4 nitrogen and oxygen atoms in total. The van der Waals surface area contributed by atoms with E-state index in [4.69, 9.17) is 35.5 Å². The van der Waals surface area contributed by atoms with Crippen molar-refractivity contribution in [2.24, 2.45) is 0 Å². The maximum absolute atomic E-state index is 6.25. The van der Waals surface area contributed by atoms with Gasteiger partial charge in [0, 0.05) is 0 Å². The van der Waals surface area contributed by atoms with Crippen LogP contribution >= 0.6 is 0 Å². The summed E-state index contributed by atoms with van der Waals surface area (Å²) in [4.78, 5) is 0. The maximum atomic E-state index is 6.25. The van der Waals surface area contributed by atoms with Crippen molar-refractivity contribution in [2.45, 2.75) is 0 Å². The third-order valence-corrected chi connectivity index (χ3v) is 0. The van der Waals surface area contributed by atoms with Gasteiger partial charge >= 0.3 is 22.4 Å². The first kappa shape index (κ1) is 58.0. The first-order valence-electron chi connectivity index (χ1n) is 0.671. The van der Waals surface area contributed by atoms with E-state index < -0.39 is 0 Å². The summed E-state index contributed by atoms with van der Waals surface area (Å²) in [5.41, 5.74) is 0. The van der Waals surface area contributed by atoms with Crippen molar-refractivity contribution >= 4 is 0 Å². The van der Waals surface area contributed by atoms with Crippen LogP contribution in [0, 0.1) is 35.5 Å². The van der Waals surface area contributed by atoms with E-state index in [-0.39, 0.29) is 27.9 Å². The standard InChI is InChI=1S/3CN.Au.H2O/c3*1-2;;/h;;;;1H2/q3*-1;+3;. The van der Waals surface area contributed by atoms with Gasteiger partial charge in [0.2, 0.25) is 0 Å². The molecule has 0 aromatic heterocycles. The molecule has 0 heterocycles. The van der Waals surface area contributed by atoms with E-state index in [1.807, 2.05) is 0 Å². The monoisotopic (exact) mass is 293 g/mol. The summed E-state index contributed by atoms with van der Waals surface area (Å²) in [7, 11) is 0. The van der Waals surface area contributed by atoms with Crippen LogP contribution in [0.1, 0.15) is 0 Å². The minimum Gasteiger partial charge on any atom is -0.512 e. The van der Waals surface area contributed by atoms with Crippen LogP contribution in [0.2, 0.25) is 0 Å². The van der Waals surface area contributed by atoms with Gasteiger partial charge < -0.3 is 41.0 Å². The van der Waals surface area contributed by atoms with Crippen LogP contribution in [-0.2, 0) is 22.4 Å². The Morgan fingerprint density at radius 2 is 0.625 bits per heavy atom. The molecule has 8 heavy (non-hydrogen) atoms. The molecular formula is C3H2AuN3O. The number of rotatable bonds is 0. The Morgan fingerprint density at radius 1 is 0.625 bits per heavy atom. The zero-order chi connectivity index (χ0) is 6.00. The second kappa shape index (κ2) is 240. The molecule has 0 saturated carbocycles. The topological polar surface area (TPSA) is 103 Å². The van der Waals surface area contributed by atoms with Gasteiger partial charge in [-0.1, -0.05) is 0 Å². The van der Waals surface area contributed by atoms with Crippen molar-refractivity contribution in [3.8, 4) is 0 Å². The van der Waals surface area contributed by atoms with Crippen molar-refractivity contribution < 1.29 is 27.9 Å². The summed E-state index contributed by atoms with van der Waals surface area (Å²) in [5, 5.41) is 18.8. The zero-order valence-corrected chi connectivity index (χ0v) is 5.81. The molecule has 0 fully saturated rings. The molecule has 0 radical (unpaired) electrons. The quantitative estimate of drug-likeness (QED) is 0.442. The average molecular weight is 293 g/mol. The van der Waals surface area contributed by atoms with Crippen molar-refractivity contribution in [1.82, 2.24) is 0 Å². The van der Waals surface area contributed by atoms with E-state index in [1.165, 1.54) is 0 Å². The van der Waals surface area contributed by atoms with Crippen LogP contribution in [0.4, 0.5) is 0 Å². The van der Waals surface area contributed by atoms with Gasteiger partial charge in [-0.05, 0) is 0 Å². The summed E-state index contributed by atoms with van der Waals surface area (Å²) >= 11 is 0. The molecule has 0 saturated heterocycles. The van der Waals surface area contributed by atoms with E-state index >= 15 is 0 Å². The third kappa shape index (κ3) is 131. The molecule has 0 atom stereocenters. The Hall–Kier alpha value is -0.830. The largest absolute Gasteiger partial charge is 3.00 e. The number of hydrogen-bond acceptors (Lipinski definition) is 3. The van der Waals surface area contributed by atoms with Crippen LogP contribution in [0.15, 0.2) is 0 Å². The Kier molecular flexibility index (Phi) is 1740. The number of nitrogens with zero attached hydrogens (tertiary/aromatic N) is 3. The van der Waals surface area contributed by atoms with Crippen LogP contribution in [0.25, 0.3) is 0 Å². The Morgan fingerprint density at radius 3 is 0.625 bits per heavy atom. The minimum absolute atomic E-state index is 0. The van der Waals surface area contributed by atoms with Crippen molar-refractivity contribution in [2.75, 3.05) is 0 Å². The molecule has 0 aromatic carbocycles. The third-order valence-electron chi connectivity index (χ3n) is 0. The fourth-order valence-electron chi connectivity index (χ4n) is 0. The van der Waals surface area contributed by atoms with E-state index in [2.05, 4.69) is 0 Å². The second-order valence-corrected chi connectivity index (χ2v) is 0. The maximum Gasteiger partial charge on any atom is 3.00 e. The SMILES string of the molecule is O.[Au+3].[C-]#N.[C-]#N.[C-]#N. The first-order chi connectivity index (χ1) is 3.00. The molecule has 0 aromatic rings. The molecule has 0 bridgehead atoms. The molecule has 0 spiro atoms. The fraction of sp³-hybridized carbons (Fsp3) is 0. The smallest absolute Gasteiger partial charge is 0.512 e. The van der Waals surface area contributed by atoms with Crippen molar-refractivity contribution in [3.05, 3.63) is 19.7 Å². The van der Waals surface area contributed by atoms with Crippen LogP contribution in [-0.4, -0.2) is 5.48 Å². The van der Waals surface area contributed by atoms with Gasteiger partial charge in [-0.25, -0.2) is 0 Å². The normalized spacial score (nSPS) is 0.750. The second-order valence-electron chi connectivity index (χ2n) is 0. The van der Waals surface area contributed by atoms with E-state index in [9.17, 15) is 0 Å². The van der Waals surface area contributed by atoms with Gasteiger partial charge in [-0.15, -0.1) is 0 Å². The summed E-state index contributed by atoms with van der Waals surface area (Å²) < 4.78 is 0.